The zero-order valence-electron chi connectivity index (χ0n) is 17.8. The van der Waals surface area contributed by atoms with Gasteiger partial charge in [0.25, 0.3) is 0 Å². The number of aryl methyl sites for hydroxylation is 1. The van der Waals surface area contributed by atoms with Crippen molar-refractivity contribution in [1.82, 2.24) is 19.7 Å². The van der Waals surface area contributed by atoms with Crippen LogP contribution >= 0.6 is 11.6 Å². The third-order valence-electron chi connectivity index (χ3n) is 5.63. The van der Waals surface area contributed by atoms with Crippen LogP contribution in [-0.2, 0) is 24.7 Å². The van der Waals surface area contributed by atoms with Crippen molar-refractivity contribution in [2.45, 2.75) is 12.8 Å². The number of nitrogens with zero attached hydrogens (tertiary/aromatic N) is 5. The van der Waals surface area contributed by atoms with Crippen LogP contribution in [0.5, 0.6) is 0 Å². The molecule has 1 amide bonds. The van der Waals surface area contributed by atoms with Crippen LogP contribution in [0, 0.1) is 5.82 Å². The van der Waals surface area contributed by atoms with Crippen LogP contribution in [0.1, 0.15) is 11.1 Å². The molecule has 0 saturated carbocycles. The molecule has 1 aliphatic heterocycles. The van der Waals surface area contributed by atoms with Crippen molar-refractivity contribution in [1.29, 1.82) is 0 Å². The quantitative estimate of drug-likeness (QED) is 0.471. The van der Waals surface area contributed by atoms with E-state index in [-0.39, 0.29) is 12.3 Å². The lowest BCUT2D eigenvalue weighted by Gasteiger charge is -2.19. The number of nitrogens with one attached hydrogen (secondary N) is 1. The van der Waals surface area contributed by atoms with Crippen molar-refractivity contribution in [3.05, 3.63) is 82.9 Å². The molecule has 0 spiro atoms. The molecular formula is C24H20ClFN6O. The molecule has 5 rings (SSSR count). The summed E-state index contributed by atoms with van der Waals surface area (Å²) in [5.74, 6) is 0.485. The molecule has 2 aromatic heterocycles. The fourth-order valence-electron chi connectivity index (χ4n) is 3.98. The molecule has 9 heteroatoms. The number of rotatable bonds is 5. The summed E-state index contributed by atoms with van der Waals surface area (Å²) in [6.07, 6.45) is 3.97. The molecule has 1 aliphatic rings. The number of anilines is 3. The number of carbonyl (C=O) groups is 1. The summed E-state index contributed by atoms with van der Waals surface area (Å²) in [5, 5.41) is 7.73. The molecule has 3 heterocycles. The van der Waals surface area contributed by atoms with E-state index in [1.165, 1.54) is 11.0 Å². The van der Waals surface area contributed by atoms with Gasteiger partial charge in [0.15, 0.2) is 0 Å². The van der Waals surface area contributed by atoms with Crippen molar-refractivity contribution in [3.8, 4) is 11.3 Å². The number of amides is 1. The van der Waals surface area contributed by atoms with E-state index in [1.807, 2.05) is 24.3 Å². The molecule has 0 fully saturated rings. The Morgan fingerprint density at radius 2 is 2.03 bits per heavy atom. The zero-order valence-corrected chi connectivity index (χ0v) is 18.6. The van der Waals surface area contributed by atoms with E-state index in [0.717, 1.165) is 16.9 Å². The standard InChI is InChI=1S/C24H20ClFN6O/c1-31-21(7-10-28-31)30-24-27-9-6-20(29-24)17-12-16-8-11-32(23(16)19(26)13-17)22(33)14-15-4-2-3-5-18(15)25/h2-7,9-10,12-13H,8,11,14H2,1H3,(H,27,29,30). The van der Waals surface area contributed by atoms with Crippen LogP contribution < -0.4 is 10.2 Å². The lowest BCUT2D eigenvalue weighted by atomic mass is 10.0. The lowest BCUT2D eigenvalue weighted by Crippen LogP contribution is -2.31. The fourth-order valence-corrected chi connectivity index (χ4v) is 4.18. The largest absolute Gasteiger partial charge is 0.309 e. The predicted molar refractivity (Wildman–Crippen MR) is 125 cm³/mol. The summed E-state index contributed by atoms with van der Waals surface area (Å²) in [4.78, 5) is 23.2. The molecule has 0 atom stereocenters. The third kappa shape index (κ3) is 4.17. The van der Waals surface area contributed by atoms with Crippen LogP contribution in [-0.4, -0.2) is 32.2 Å². The highest BCUT2D eigenvalue weighted by atomic mass is 35.5. The second kappa shape index (κ2) is 8.63. The highest BCUT2D eigenvalue weighted by molar-refractivity contribution is 6.31. The number of hydrogen-bond acceptors (Lipinski definition) is 5. The fraction of sp³-hybridized carbons (Fsp3) is 0.167. The van der Waals surface area contributed by atoms with Gasteiger partial charge in [-0.3, -0.25) is 9.48 Å². The average Bonchev–Trinajstić information content (AvgIpc) is 3.42. The van der Waals surface area contributed by atoms with Gasteiger partial charge < -0.3 is 10.2 Å². The van der Waals surface area contributed by atoms with Gasteiger partial charge in [-0.2, -0.15) is 5.10 Å². The first-order valence-electron chi connectivity index (χ1n) is 10.4. The molecular weight excluding hydrogens is 443 g/mol. The van der Waals surface area contributed by atoms with Gasteiger partial charge in [-0.1, -0.05) is 29.8 Å². The molecule has 0 radical (unpaired) electrons. The van der Waals surface area contributed by atoms with Crippen molar-refractivity contribution in [3.63, 3.8) is 0 Å². The summed E-state index contributed by atoms with van der Waals surface area (Å²) < 4.78 is 16.9. The SMILES string of the molecule is Cn1nccc1Nc1nccc(-c2cc(F)c3c(c2)CCN3C(=O)Cc2ccccc2Cl)n1. The summed E-state index contributed by atoms with van der Waals surface area (Å²) in [6, 6.07) is 14.0. The first-order chi connectivity index (χ1) is 16.0. The van der Waals surface area contributed by atoms with Gasteiger partial charge in [0.05, 0.1) is 24.0 Å². The van der Waals surface area contributed by atoms with Gasteiger partial charge in [0, 0.05) is 36.4 Å². The van der Waals surface area contributed by atoms with Crippen LogP contribution in [0.2, 0.25) is 5.02 Å². The van der Waals surface area contributed by atoms with Crippen molar-refractivity contribution < 1.29 is 9.18 Å². The lowest BCUT2D eigenvalue weighted by molar-refractivity contribution is -0.117. The number of benzene rings is 2. The molecule has 4 aromatic rings. The molecule has 33 heavy (non-hydrogen) atoms. The predicted octanol–water partition coefficient (Wildman–Crippen LogP) is 4.55. The maximum absolute atomic E-state index is 15.2. The summed E-state index contributed by atoms with van der Waals surface area (Å²) >= 11 is 6.19. The van der Waals surface area contributed by atoms with E-state index in [0.29, 0.717) is 40.9 Å². The van der Waals surface area contributed by atoms with E-state index in [9.17, 15) is 4.79 Å². The third-order valence-corrected chi connectivity index (χ3v) is 6.00. The van der Waals surface area contributed by atoms with Gasteiger partial charge in [0.1, 0.15) is 11.6 Å². The minimum atomic E-state index is -0.452. The van der Waals surface area contributed by atoms with E-state index < -0.39 is 5.82 Å². The highest BCUT2D eigenvalue weighted by Crippen LogP contribution is 2.35. The van der Waals surface area contributed by atoms with Gasteiger partial charge >= 0.3 is 0 Å². The highest BCUT2D eigenvalue weighted by Gasteiger charge is 2.29. The van der Waals surface area contributed by atoms with E-state index >= 15 is 4.39 Å². The Labute approximate surface area is 194 Å². The van der Waals surface area contributed by atoms with E-state index in [4.69, 9.17) is 11.6 Å². The number of fused-ring (bicyclic) bond motifs is 1. The minimum absolute atomic E-state index is 0.120. The van der Waals surface area contributed by atoms with Crippen LogP contribution in [0.3, 0.4) is 0 Å². The molecule has 0 saturated heterocycles. The van der Waals surface area contributed by atoms with Crippen LogP contribution in [0.25, 0.3) is 11.3 Å². The normalized spacial score (nSPS) is 12.6. The smallest absolute Gasteiger partial charge is 0.231 e. The maximum atomic E-state index is 15.2. The van der Waals surface area contributed by atoms with Crippen LogP contribution in [0.4, 0.5) is 21.8 Å². The Morgan fingerprint density at radius 3 is 2.82 bits per heavy atom. The van der Waals surface area contributed by atoms with Crippen molar-refractivity contribution in [2.75, 3.05) is 16.8 Å². The Kier molecular flexibility index (Phi) is 5.51. The van der Waals surface area contributed by atoms with Gasteiger partial charge in [0.2, 0.25) is 11.9 Å². The van der Waals surface area contributed by atoms with Crippen molar-refractivity contribution >= 4 is 35.0 Å². The van der Waals surface area contributed by atoms with Gasteiger partial charge in [-0.15, -0.1) is 0 Å². The average molecular weight is 463 g/mol. The first-order valence-corrected chi connectivity index (χ1v) is 10.8. The minimum Gasteiger partial charge on any atom is -0.309 e. The van der Waals surface area contributed by atoms with Gasteiger partial charge in [-0.05, 0) is 41.8 Å². The Morgan fingerprint density at radius 1 is 1.18 bits per heavy atom. The maximum Gasteiger partial charge on any atom is 0.231 e. The first kappa shape index (κ1) is 21.1. The molecule has 2 aromatic carbocycles. The molecule has 7 nitrogen and oxygen atoms in total. The Hall–Kier alpha value is -3.78. The Bertz CT molecular complexity index is 1350. The molecule has 1 N–H and O–H groups in total. The molecule has 0 aliphatic carbocycles. The van der Waals surface area contributed by atoms with E-state index in [1.54, 1.807) is 42.3 Å². The molecule has 166 valence electrons. The summed E-state index contributed by atoms with van der Waals surface area (Å²) in [7, 11) is 1.81. The topological polar surface area (TPSA) is 75.9 Å². The zero-order chi connectivity index (χ0) is 22.9. The van der Waals surface area contributed by atoms with Crippen LogP contribution in [0.15, 0.2) is 60.9 Å². The number of carbonyl (C=O) groups excluding carboxylic acids is 1. The second-order valence-corrected chi connectivity index (χ2v) is 8.17. The van der Waals surface area contributed by atoms with Crippen molar-refractivity contribution in [2.24, 2.45) is 7.05 Å². The monoisotopic (exact) mass is 462 g/mol. The second-order valence-electron chi connectivity index (χ2n) is 7.76. The molecule has 0 bridgehead atoms. The number of halogens is 2. The number of aromatic nitrogens is 4. The molecule has 0 unspecified atom stereocenters. The summed E-state index contributed by atoms with van der Waals surface area (Å²) in [5.41, 5.74) is 3.04. The van der Waals surface area contributed by atoms with E-state index in [2.05, 4.69) is 20.4 Å². The van der Waals surface area contributed by atoms with Gasteiger partial charge in [-0.25, -0.2) is 14.4 Å². The Balaban J connectivity index is 1.40. The summed E-state index contributed by atoms with van der Waals surface area (Å²) in [6.45, 7) is 0.427. The number of hydrogen-bond donors (Lipinski definition) is 1.